The van der Waals surface area contributed by atoms with E-state index in [1.807, 2.05) is 21.3 Å². The number of carbonyl (C=O) groups is 1. The number of aromatic nitrogens is 8. The minimum atomic E-state index is -2.47. The van der Waals surface area contributed by atoms with Crippen molar-refractivity contribution >= 4 is 39.7 Å². The third kappa shape index (κ3) is 6.48. The number of halogens is 4. The Labute approximate surface area is 340 Å². The van der Waals surface area contributed by atoms with E-state index in [1.54, 1.807) is 30.0 Å². The van der Waals surface area contributed by atoms with E-state index in [0.29, 0.717) is 64.9 Å². The molecule has 3 fully saturated rings. The van der Waals surface area contributed by atoms with E-state index in [4.69, 9.17) is 24.4 Å². The van der Waals surface area contributed by atoms with Crippen LogP contribution in [0.1, 0.15) is 18.7 Å². The quantitative estimate of drug-likeness (QED) is 0.241. The van der Waals surface area contributed by atoms with E-state index in [2.05, 4.69) is 15.1 Å². The van der Waals surface area contributed by atoms with Gasteiger partial charge >= 0.3 is 6.01 Å². The Kier molecular flexibility index (Phi) is 9.23. The van der Waals surface area contributed by atoms with Crippen molar-refractivity contribution in [2.24, 2.45) is 0 Å². The van der Waals surface area contributed by atoms with Gasteiger partial charge in [-0.3, -0.25) is 9.69 Å². The zero-order chi connectivity index (χ0) is 41.6. The fraction of sp³-hybridized carbons (Fsp3) is 0.425. The number of piperidine rings is 1. The lowest BCUT2D eigenvalue weighted by Gasteiger charge is -2.56. The van der Waals surface area contributed by atoms with Crippen LogP contribution in [0.15, 0.2) is 48.8 Å². The number of carbonyl (C=O) groups excluding carboxylic acids is 1. The van der Waals surface area contributed by atoms with Gasteiger partial charge in [-0.05, 0) is 37.6 Å². The van der Waals surface area contributed by atoms with Gasteiger partial charge in [0.25, 0.3) is 6.43 Å². The Hall–Kier alpha value is -6.15. The normalized spacial score (nSPS) is 23.3. The van der Waals surface area contributed by atoms with Gasteiger partial charge in [-0.25, -0.2) is 32.2 Å². The van der Waals surface area contributed by atoms with Crippen LogP contribution >= 0.6 is 0 Å². The lowest BCUT2D eigenvalue weighted by molar-refractivity contribution is -0.133. The summed E-state index contributed by atoms with van der Waals surface area (Å²) in [5.74, 6) is -0.454. The highest BCUT2D eigenvalue weighted by molar-refractivity contribution is 5.94. The van der Waals surface area contributed by atoms with Crippen LogP contribution in [-0.4, -0.2) is 144 Å². The largest absolute Gasteiger partial charge is 0.506 e. The summed E-state index contributed by atoms with van der Waals surface area (Å²) in [5.41, 5.74) is 2.46. The van der Waals surface area contributed by atoms with E-state index in [0.717, 1.165) is 12.5 Å². The van der Waals surface area contributed by atoms with Gasteiger partial charge in [0.2, 0.25) is 11.9 Å². The third-order valence-corrected chi connectivity index (χ3v) is 12.0. The summed E-state index contributed by atoms with van der Waals surface area (Å²) in [4.78, 5) is 45.8. The van der Waals surface area contributed by atoms with Crippen LogP contribution in [0.4, 0.5) is 29.3 Å². The van der Waals surface area contributed by atoms with Gasteiger partial charge in [0.05, 0.1) is 54.0 Å². The maximum absolute atomic E-state index is 15.1. The van der Waals surface area contributed by atoms with E-state index >= 15 is 4.39 Å². The highest BCUT2D eigenvalue weighted by Crippen LogP contribution is 2.41. The van der Waals surface area contributed by atoms with Crippen molar-refractivity contribution in [1.29, 1.82) is 0 Å². The molecule has 20 heteroatoms. The summed E-state index contributed by atoms with van der Waals surface area (Å²) in [7, 11) is 3.27. The number of hydrogen-bond acceptors (Lipinski definition) is 13. The van der Waals surface area contributed by atoms with E-state index in [1.165, 1.54) is 41.3 Å². The standard InChI is InChI=1S/C40H40F4N12O4/c1-20-47-30-9-22(42)8-27-29-6-7-45-40(48-29)60-25-12-32(38(58)51(2)16-26(59-3)18-53(20)35(27)30)54(17-25)36-28-13-46-56(31-5-4-21(41)10-33(31)57)37(28)50-39(49-36)55-23-11-24(55)15-52(14-23)19-34(43)44/h4-10,13,23-26,32,34,57H,11-12,14-19H2,1-3H3/t23?,24?,25-,26+,32-/m0/s1. The molecule has 0 spiro atoms. The van der Waals surface area contributed by atoms with Crippen LogP contribution in [0.2, 0.25) is 0 Å². The van der Waals surface area contributed by atoms with E-state index in [9.17, 15) is 23.1 Å². The van der Waals surface area contributed by atoms with Crippen molar-refractivity contribution in [1.82, 2.24) is 49.1 Å². The summed E-state index contributed by atoms with van der Waals surface area (Å²) < 4.78 is 71.8. The summed E-state index contributed by atoms with van der Waals surface area (Å²) in [6.45, 7) is 2.90. The number of benzene rings is 2. The molecule has 2 aromatic carbocycles. The molecule has 4 aliphatic heterocycles. The molecular weight excluding hydrogens is 789 g/mol. The summed E-state index contributed by atoms with van der Waals surface area (Å²) in [6, 6.07) is 6.93. The number of hydrogen-bond donors (Lipinski definition) is 1. The lowest BCUT2D eigenvalue weighted by Crippen LogP contribution is -2.69. The zero-order valence-electron chi connectivity index (χ0n) is 32.8. The second kappa shape index (κ2) is 14.5. The molecule has 5 atom stereocenters. The number of anilines is 2. The fourth-order valence-corrected chi connectivity index (χ4v) is 9.31. The molecule has 4 aromatic heterocycles. The second-order valence-corrected chi connectivity index (χ2v) is 15.9. The fourth-order valence-electron chi connectivity index (χ4n) is 9.31. The van der Waals surface area contributed by atoms with Gasteiger partial charge in [0, 0.05) is 76.2 Å². The lowest BCUT2D eigenvalue weighted by atomic mass is 9.88. The molecule has 10 rings (SSSR count). The number of imidazole rings is 1. The number of likely N-dealkylation sites (tertiary alicyclic amines) is 1. The number of likely N-dealkylation sites (N-methyl/N-ethyl adjacent to an activating group) is 1. The predicted molar refractivity (Wildman–Crippen MR) is 209 cm³/mol. The number of fused-ring (bicyclic) bond motifs is 8. The van der Waals surface area contributed by atoms with Crippen LogP contribution in [0.25, 0.3) is 39.0 Å². The molecule has 0 saturated carbocycles. The molecule has 0 aliphatic carbocycles. The van der Waals surface area contributed by atoms with Crippen molar-refractivity contribution in [3.63, 3.8) is 0 Å². The van der Waals surface area contributed by atoms with Crippen molar-refractivity contribution < 1.29 is 36.9 Å². The van der Waals surface area contributed by atoms with Gasteiger partial charge in [-0.1, -0.05) is 0 Å². The van der Waals surface area contributed by atoms with Gasteiger partial charge in [0.1, 0.15) is 46.9 Å². The number of aryl methyl sites for hydroxylation is 1. The first-order valence-corrected chi connectivity index (χ1v) is 19.7. The van der Waals surface area contributed by atoms with Crippen molar-refractivity contribution in [2.45, 2.75) is 63.1 Å². The topological polar surface area (TPSA) is 156 Å². The number of aromatic hydroxyl groups is 1. The Morgan fingerprint density at radius 1 is 0.967 bits per heavy atom. The highest BCUT2D eigenvalue weighted by atomic mass is 19.3. The number of nitrogens with zero attached hydrogens (tertiary/aromatic N) is 12. The number of phenols is 1. The summed E-state index contributed by atoms with van der Waals surface area (Å²) in [5, 5.41) is 15.9. The van der Waals surface area contributed by atoms with Crippen molar-refractivity contribution in [3.05, 3.63) is 66.3 Å². The molecule has 2 unspecified atom stereocenters. The average molecular weight is 829 g/mol. The maximum atomic E-state index is 15.1. The SMILES string of the molecule is CO[C@@H]1CN(C)C(=O)[C@@H]2C[C@@H](CN2c2nc(N3C4CC3CN(CC(F)F)C4)nc3c2cnn3-c2ccc(F)cc2O)Oc2nccc(n2)-c2cc(F)cc3nc(C)n(c23)C1. The first-order chi connectivity index (χ1) is 28.9. The van der Waals surface area contributed by atoms with E-state index in [-0.39, 0.29) is 67.1 Å². The van der Waals surface area contributed by atoms with Gasteiger partial charge in [-0.2, -0.15) is 20.1 Å². The van der Waals surface area contributed by atoms with Gasteiger partial charge in [-0.15, -0.1) is 0 Å². The minimum absolute atomic E-state index is 0.0265. The number of rotatable bonds is 6. The highest BCUT2D eigenvalue weighted by Gasteiger charge is 2.48. The van der Waals surface area contributed by atoms with Crippen LogP contribution in [0, 0.1) is 18.6 Å². The van der Waals surface area contributed by atoms with Crippen LogP contribution in [0.5, 0.6) is 11.8 Å². The number of phenolic OH excluding ortho intramolecular Hbond substituents is 1. The summed E-state index contributed by atoms with van der Waals surface area (Å²) in [6.07, 6.45) is 0.423. The monoisotopic (exact) mass is 828 g/mol. The maximum Gasteiger partial charge on any atom is 0.317 e. The minimum Gasteiger partial charge on any atom is -0.506 e. The Bertz CT molecular complexity index is 2650. The number of amides is 1. The number of piperazine rings is 1. The van der Waals surface area contributed by atoms with Gasteiger partial charge in [0.15, 0.2) is 5.65 Å². The molecule has 3 saturated heterocycles. The molecule has 6 aromatic rings. The third-order valence-electron chi connectivity index (χ3n) is 12.0. The zero-order valence-corrected chi connectivity index (χ0v) is 32.8. The molecule has 8 heterocycles. The van der Waals surface area contributed by atoms with Gasteiger partial charge < -0.3 is 33.8 Å². The summed E-state index contributed by atoms with van der Waals surface area (Å²) >= 11 is 0. The average Bonchev–Trinajstić information content (AvgIpc) is 3.91. The molecule has 16 nitrogen and oxygen atoms in total. The first-order valence-electron chi connectivity index (χ1n) is 19.7. The molecule has 312 valence electrons. The first kappa shape index (κ1) is 38.1. The molecule has 0 radical (unpaired) electrons. The molecule has 60 heavy (non-hydrogen) atoms. The van der Waals surface area contributed by atoms with Crippen LogP contribution in [0.3, 0.4) is 0 Å². The Balaban J connectivity index is 1.09. The van der Waals surface area contributed by atoms with Crippen molar-refractivity contribution in [2.75, 3.05) is 56.7 Å². The van der Waals surface area contributed by atoms with Crippen LogP contribution in [-0.2, 0) is 16.1 Å². The van der Waals surface area contributed by atoms with Crippen LogP contribution < -0.4 is 14.5 Å². The molecule has 1 N–H and O–H groups in total. The Morgan fingerprint density at radius 2 is 1.78 bits per heavy atom. The van der Waals surface area contributed by atoms with E-state index < -0.39 is 36.3 Å². The molecule has 4 aliphatic rings. The van der Waals surface area contributed by atoms with Crippen molar-refractivity contribution in [3.8, 4) is 28.7 Å². The number of alkyl halides is 2. The molecule has 1 amide bonds. The smallest absolute Gasteiger partial charge is 0.317 e. The number of ether oxygens (including phenoxy) is 2. The Morgan fingerprint density at radius 3 is 2.55 bits per heavy atom. The molecule has 6 bridgehead atoms. The predicted octanol–water partition coefficient (Wildman–Crippen LogP) is 3.96. The second-order valence-electron chi connectivity index (χ2n) is 15.9. The molecular formula is C40H40F4N12O4. The number of methoxy groups -OCH3 is 1.